The first kappa shape index (κ1) is 8.50. The fourth-order valence-corrected chi connectivity index (χ4v) is 1.74. The molecule has 13 heavy (non-hydrogen) atoms. The van der Waals surface area contributed by atoms with Crippen molar-refractivity contribution in [2.24, 2.45) is 5.73 Å². The molecule has 1 atom stereocenters. The van der Waals surface area contributed by atoms with Crippen molar-refractivity contribution in [3.8, 4) is 0 Å². The Bertz CT molecular complexity index is 285. The van der Waals surface area contributed by atoms with Crippen LogP contribution in [0.25, 0.3) is 0 Å². The predicted molar refractivity (Wildman–Crippen MR) is 48.5 cm³/mol. The van der Waals surface area contributed by atoms with Gasteiger partial charge in [0.15, 0.2) is 5.82 Å². The summed E-state index contributed by atoms with van der Waals surface area (Å²) in [4.78, 5) is 6.28. The molecule has 0 radical (unpaired) electrons. The van der Waals surface area contributed by atoms with Crippen LogP contribution < -0.4 is 10.6 Å². The minimum atomic E-state index is 0.375. The first-order valence-corrected chi connectivity index (χ1v) is 4.58. The summed E-state index contributed by atoms with van der Waals surface area (Å²) in [6.45, 7) is 3.45. The lowest BCUT2D eigenvalue weighted by Gasteiger charge is -2.19. The molecular weight excluding hydrogens is 168 g/mol. The SMILES string of the molecule is Cc1noc(N2CCCC2CN)n1. The Hall–Kier alpha value is -1.10. The fraction of sp³-hybridized carbons (Fsp3) is 0.750. The molecule has 72 valence electrons. The Morgan fingerprint density at radius 2 is 2.54 bits per heavy atom. The van der Waals surface area contributed by atoms with E-state index in [9.17, 15) is 0 Å². The molecule has 1 saturated heterocycles. The van der Waals surface area contributed by atoms with E-state index in [2.05, 4.69) is 15.0 Å². The normalized spacial score (nSPS) is 22.6. The van der Waals surface area contributed by atoms with E-state index in [0.717, 1.165) is 19.4 Å². The number of hydrogen-bond donors (Lipinski definition) is 1. The first-order chi connectivity index (χ1) is 6.31. The third-order valence-corrected chi connectivity index (χ3v) is 2.41. The summed E-state index contributed by atoms with van der Waals surface area (Å²) in [5, 5.41) is 3.76. The van der Waals surface area contributed by atoms with Crippen molar-refractivity contribution in [3.63, 3.8) is 0 Å². The number of aromatic nitrogens is 2. The Labute approximate surface area is 76.9 Å². The molecule has 1 aliphatic heterocycles. The van der Waals surface area contributed by atoms with E-state index in [1.165, 1.54) is 0 Å². The zero-order chi connectivity index (χ0) is 9.26. The standard InChI is InChI=1S/C8H14N4O/c1-6-10-8(13-11-6)12-4-2-3-7(12)5-9/h7H,2-5,9H2,1H3. The average Bonchev–Trinajstić information content (AvgIpc) is 2.71. The van der Waals surface area contributed by atoms with Gasteiger partial charge in [-0.3, -0.25) is 0 Å². The number of anilines is 1. The van der Waals surface area contributed by atoms with Gasteiger partial charge in [-0.05, 0) is 19.8 Å². The van der Waals surface area contributed by atoms with Gasteiger partial charge < -0.3 is 15.2 Å². The Balaban J connectivity index is 2.15. The molecule has 0 bridgehead atoms. The fourth-order valence-electron chi connectivity index (χ4n) is 1.74. The zero-order valence-corrected chi connectivity index (χ0v) is 7.73. The third kappa shape index (κ3) is 1.51. The Morgan fingerprint density at radius 1 is 1.69 bits per heavy atom. The van der Waals surface area contributed by atoms with Crippen LogP contribution in [0.15, 0.2) is 4.52 Å². The van der Waals surface area contributed by atoms with Crippen LogP contribution in [0.3, 0.4) is 0 Å². The highest BCUT2D eigenvalue weighted by molar-refractivity contribution is 5.29. The molecule has 0 saturated carbocycles. The number of hydrogen-bond acceptors (Lipinski definition) is 5. The molecule has 0 spiro atoms. The maximum absolute atomic E-state index is 5.64. The molecule has 2 N–H and O–H groups in total. The Kier molecular flexibility index (Phi) is 2.18. The molecule has 2 heterocycles. The van der Waals surface area contributed by atoms with Crippen LogP contribution >= 0.6 is 0 Å². The van der Waals surface area contributed by atoms with Crippen molar-refractivity contribution in [3.05, 3.63) is 5.82 Å². The summed E-state index contributed by atoms with van der Waals surface area (Å²) >= 11 is 0. The van der Waals surface area contributed by atoms with Crippen LogP contribution in [0.4, 0.5) is 6.01 Å². The van der Waals surface area contributed by atoms with Crippen LogP contribution in [0.5, 0.6) is 0 Å². The summed E-state index contributed by atoms with van der Waals surface area (Å²) in [7, 11) is 0. The second kappa shape index (κ2) is 3.33. The molecule has 0 aliphatic carbocycles. The first-order valence-electron chi connectivity index (χ1n) is 4.58. The smallest absolute Gasteiger partial charge is 0.324 e. The van der Waals surface area contributed by atoms with Crippen molar-refractivity contribution < 1.29 is 4.52 Å². The zero-order valence-electron chi connectivity index (χ0n) is 7.73. The third-order valence-electron chi connectivity index (χ3n) is 2.41. The second-order valence-electron chi connectivity index (χ2n) is 3.35. The Morgan fingerprint density at radius 3 is 3.15 bits per heavy atom. The van der Waals surface area contributed by atoms with Gasteiger partial charge in [-0.25, -0.2) is 0 Å². The number of nitrogens with zero attached hydrogens (tertiary/aromatic N) is 3. The van der Waals surface area contributed by atoms with Crippen LogP contribution in [0.1, 0.15) is 18.7 Å². The van der Waals surface area contributed by atoms with Crippen molar-refractivity contribution in [2.75, 3.05) is 18.0 Å². The average molecular weight is 182 g/mol. The van der Waals surface area contributed by atoms with E-state index in [4.69, 9.17) is 10.3 Å². The van der Waals surface area contributed by atoms with Crippen molar-refractivity contribution in [2.45, 2.75) is 25.8 Å². The molecule has 0 aromatic carbocycles. The highest BCUT2D eigenvalue weighted by Gasteiger charge is 2.26. The minimum Gasteiger partial charge on any atom is -0.328 e. The van der Waals surface area contributed by atoms with Gasteiger partial charge in [-0.15, -0.1) is 0 Å². The summed E-state index contributed by atoms with van der Waals surface area (Å²) in [6.07, 6.45) is 2.28. The van der Waals surface area contributed by atoms with Gasteiger partial charge in [0.2, 0.25) is 0 Å². The van der Waals surface area contributed by atoms with Crippen LogP contribution in [-0.4, -0.2) is 29.3 Å². The van der Waals surface area contributed by atoms with E-state index < -0.39 is 0 Å². The van der Waals surface area contributed by atoms with Crippen molar-refractivity contribution >= 4 is 6.01 Å². The van der Waals surface area contributed by atoms with Crippen LogP contribution in [0, 0.1) is 6.92 Å². The molecule has 5 heteroatoms. The van der Waals surface area contributed by atoms with Gasteiger partial charge in [0.25, 0.3) is 0 Å². The van der Waals surface area contributed by atoms with Gasteiger partial charge in [-0.2, -0.15) is 4.98 Å². The quantitative estimate of drug-likeness (QED) is 0.712. The van der Waals surface area contributed by atoms with Crippen molar-refractivity contribution in [1.82, 2.24) is 10.1 Å². The van der Waals surface area contributed by atoms with E-state index in [0.29, 0.717) is 24.4 Å². The number of nitrogens with two attached hydrogens (primary N) is 1. The van der Waals surface area contributed by atoms with E-state index >= 15 is 0 Å². The summed E-state index contributed by atoms with van der Waals surface area (Å²) in [5.41, 5.74) is 5.64. The highest BCUT2D eigenvalue weighted by Crippen LogP contribution is 2.22. The molecular formula is C8H14N4O. The van der Waals surface area contributed by atoms with E-state index in [1.807, 2.05) is 6.92 Å². The van der Waals surface area contributed by atoms with Gasteiger partial charge in [0.1, 0.15) is 0 Å². The summed E-state index contributed by atoms with van der Waals surface area (Å²) in [5.74, 6) is 0.678. The molecule has 1 fully saturated rings. The van der Waals surface area contributed by atoms with Crippen LogP contribution in [0.2, 0.25) is 0 Å². The topological polar surface area (TPSA) is 68.2 Å². The monoisotopic (exact) mass is 182 g/mol. The minimum absolute atomic E-state index is 0.375. The van der Waals surface area contributed by atoms with Gasteiger partial charge in [-0.1, -0.05) is 5.16 Å². The molecule has 1 aliphatic rings. The predicted octanol–water partition coefficient (Wildman–Crippen LogP) is 0.306. The second-order valence-corrected chi connectivity index (χ2v) is 3.35. The van der Waals surface area contributed by atoms with E-state index in [1.54, 1.807) is 0 Å². The maximum atomic E-state index is 5.64. The number of aryl methyl sites for hydroxylation is 1. The lowest BCUT2D eigenvalue weighted by molar-refractivity contribution is 0.406. The molecule has 2 rings (SSSR count). The van der Waals surface area contributed by atoms with E-state index in [-0.39, 0.29) is 0 Å². The molecule has 5 nitrogen and oxygen atoms in total. The van der Waals surface area contributed by atoms with Gasteiger partial charge >= 0.3 is 6.01 Å². The maximum Gasteiger partial charge on any atom is 0.324 e. The molecule has 1 unspecified atom stereocenters. The summed E-state index contributed by atoms with van der Waals surface area (Å²) in [6, 6.07) is 0.991. The lowest BCUT2D eigenvalue weighted by atomic mass is 10.2. The van der Waals surface area contributed by atoms with Crippen molar-refractivity contribution in [1.29, 1.82) is 0 Å². The molecule has 1 aromatic heterocycles. The largest absolute Gasteiger partial charge is 0.328 e. The molecule has 1 aromatic rings. The van der Waals surface area contributed by atoms with Crippen LogP contribution in [-0.2, 0) is 0 Å². The summed E-state index contributed by atoms with van der Waals surface area (Å²) < 4.78 is 5.09. The van der Waals surface area contributed by atoms with Gasteiger partial charge in [0, 0.05) is 19.1 Å². The number of rotatable bonds is 2. The lowest BCUT2D eigenvalue weighted by Crippen LogP contribution is -2.35. The highest BCUT2D eigenvalue weighted by atomic mass is 16.5. The van der Waals surface area contributed by atoms with Gasteiger partial charge in [0.05, 0.1) is 0 Å². The molecule has 0 amide bonds.